The van der Waals surface area contributed by atoms with Crippen LogP contribution in [-0.4, -0.2) is 15.2 Å². The van der Waals surface area contributed by atoms with Gasteiger partial charge in [0.15, 0.2) is 6.29 Å². The Hall–Kier alpha value is -1.55. The summed E-state index contributed by atoms with van der Waals surface area (Å²) >= 11 is 1.60. The Bertz CT molecular complexity index is 439. The molecule has 15 heavy (non-hydrogen) atoms. The summed E-state index contributed by atoms with van der Waals surface area (Å²) in [6.45, 7) is 0. The van der Waals surface area contributed by atoms with Crippen LogP contribution >= 0.6 is 11.9 Å². The molecule has 4 heteroatoms. The second-order valence-corrected chi connectivity index (χ2v) is 4.00. The van der Waals surface area contributed by atoms with Gasteiger partial charge in [0.05, 0.1) is 0 Å². The fourth-order valence-electron chi connectivity index (χ4n) is 1.18. The number of carbonyl (C=O) groups excluding carboxylic acids is 1. The van der Waals surface area contributed by atoms with Crippen LogP contribution < -0.4 is 0 Å². The maximum atomic E-state index is 10.4. The maximum Gasteiger partial charge on any atom is 0.170 e. The van der Waals surface area contributed by atoms with Crippen molar-refractivity contribution in [2.45, 2.75) is 5.75 Å². The first-order chi connectivity index (χ1) is 7.38. The fourth-order valence-corrected chi connectivity index (χ4v) is 1.96. The van der Waals surface area contributed by atoms with E-state index < -0.39 is 0 Å². The average molecular weight is 218 g/mol. The minimum atomic E-state index is 0.468. The van der Waals surface area contributed by atoms with E-state index in [0.717, 1.165) is 12.0 Å². The molecule has 3 nitrogen and oxygen atoms in total. The molecule has 0 amide bonds. The maximum absolute atomic E-state index is 10.4. The molecule has 1 aromatic heterocycles. The molecule has 1 heterocycles. The van der Waals surface area contributed by atoms with Gasteiger partial charge in [0, 0.05) is 11.9 Å². The van der Waals surface area contributed by atoms with Gasteiger partial charge in [0.2, 0.25) is 0 Å². The van der Waals surface area contributed by atoms with Gasteiger partial charge < -0.3 is 0 Å². The zero-order valence-electron chi connectivity index (χ0n) is 8.04. The first-order valence-corrected chi connectivity index (χ1v) is 5.49. The van der Waals surface area contributed by atoms with Crippen molar-refractivity contribution in [2.24, 2.45) is 0 Å². The summed E-state index contributed by atoms with van der Waals surface area (Å²) in [7, 11) is 0. The van der Waals surface area contributed by atoms with Crippen molar-refractivity contribution in [1.29, 1.82) is 0 Å². The Kier molecular flexibility index (Phi) is 3.19. The molecule has 0 saturated carbocycles. The van der Waals surface area contributed by atoms with Crippen LogP contribution in [0.4, 0.5) is 0 Å². The molecule has 0 aliphatic rings. The number of imidazole rings is 1. The van der Waals surface area contributed by atoms with Crippen LogP contribution in [0.3, 0.4) is 0 Å². The number of nitrogens with zero attached hydrogens (tertiary/aromatic N) is 2. The van der Waals surface area contributed by atoms with Crippen molar-refractivity contribution >= 4 is 18.2 Å². The largest absolute Gasteiger partial charge is 0.296 e. The molecule has 0 bridgehead atoms. The van der Waals surface area contributed by atoms with Crippen LogP contribution in [0.5, 0.6) is 0 Å². The molecule has 0 atom stereocenters. The lowest BCUT2D eigenvalue weighted by Gasteiger charge is -2.00. The van der Waals surface area contributed by atoms with Crippen LogP contribution in [0.2, 0.25) is 0 Å². The molecule has 0 fully saturated rings. The Morgan fingerprint density at radius 3 is 2.80 bits per heavy atom. The minimum Gasteiger partial charge on any atom is -0.296 e. The van der Waals surface area contributed by atoms with E-state index in [1.165, 1.54) is 5.56 Å². The second-order valence-electron chi connectivity index (χ2n) is 3.04. The number of aromatic nitrogens is 2. The lowest BCUT2D eigenvalue weighted by Crippen LogP contribution is -1.85. The molecular formula is C11H10N2OS. The molecule has 0 aliphatic heterocycles. The van der Waals surface area contributed by atoms with Gasteiger partial charge in [0.25, 0.3) is 0 Å². The lowest BCUT2D eigenvalue weighted by molar-refractivity contribution is 0.111. The zero-order chi connectivity index (χ0) is 10.5. The van der Waals surface area contributed by atoms with Crippen molar-refractivity contribution in [3.05, 3.63) is 54.1 Å². The van der Waals surface area contributed by atoms with Crippen molar-refractivity contribution in [1.82, 2.24) is 8.96 Å². The van der Waals surface area contributed by atoms with Crippen molar-refractivity contribution in [3.63, 3.8) is 0 Å². The summed E-state index contributed by atoms with van der Waals surface area (Å²) in [5.74, 6) is 0.871. The molecule has 0 spiro atoms. The third-order valence-electron chi connectivity index (χ3n) is 1.92. The van der Waals surface area contributed by atoms with Crippen molar-refractivity contribution in [2.75, 3.05) is 0 Å². The number of benzene rings is 1. The smallest absolute Gasteiger partial charge is 0.170 e. The van der Waals surface area contributed by atoms with Crippen molar-refractivity contribution in [3.8, 4) is 0 Å². The number of hydrogen-bond donors (Lipinski definition) is 0. The minimum absolute atomic E-state index is 0.468. The molecule has 0 unspecified atom stereocenters. The molecule has 0 saturated heterocycles. The van der Waals surface area contributed by atoms with Crippen LogP contribution in [-0.2, 0) is 5.75 Å². The molecule has 1 aromatic carbocycles. The van der Waals surface area contributed by atoms with E-state index in [0.29, 0.717) is 5.69 Å². The van der Waals surface area contributed by atoms with Crippen LogP contribution in [0.15, 0.2) is 42.9 Å². The van der Waals surface area contributed by atoms with Crippen LogP contribution in [0.1, 0.15) is 16.1 Å². The highest BCUT2D eigenvalue weighted by molar-refractivity contribution is 7.97. The molecule has 0 radical (unpaired) electrons. The molecular weight excluding hydrogens is 208 g/mol. The van der Waals surface area contributed by atoms with Gasteiger partial charge in [-0.3, -0.25) is 8.77 Å². The standard InChI is InChI=1S/C11H10N2OS/c14-7-11-6-13(9-12-11)15-8-10-4-2-1-3-5-10/h1-7,9H,8H2. The number of hydrogen-bond acceptors (Lipinski definition) is 3. The predicted molar refractivity (Wildman–Crippen MR) is 60.7 cm³/mol. The summed E-state index contributed by atoms with van der Waals surface area (Å²) in [5.41, 5.74) is 1.72. The quantitative estimate of drug-likeness (QED) is 0.739. The normalized spacial score (nSPS) is 10.1. The Morgan fingerprint density at radius 1 is 1.33 bits per heavy atom. The van der Waals surface area contributed by atoms with E-state index in [9.17, 15) is 4.79 Å². The molecule has 76 valence electrons. The number of carbonyl (C=O) groups is 1. The topological polar surface area (TPSA) is 34.9 Å². The lowest BCUT2D eigenvalue weighted by atomic mass is 10.2. The Morgan fingerprint density at radius 2 is 2.13 bits per heavy atom. The number of aldehydes is 1. The van der Waals surface area contributed by atoms with E-state index in [2.05, 4.69) is 17.1 Å². The van der Waals surface area contributed by atoms with Crippen molar-refractivity contribution < 1.29 is 4.79 Å². The van der Waals surface area contributed by atoms with Gasteiger partial charge in [-0.25, -0.2) is 4.98 Å². The van der Waals surface area contributed by atoms with Gasteiger partial charge >= 0.3 is 0 Å². The van der Waals surface area contributed by atoms with Gasteiger partial charge in [-0.05, 0) is 17.5 Å². The van der Waals surface area contributed by atoms with E-state index in [1.807, 2.05) is 22.2 Å². The molecule has 2 rings (SSSR count). The highest BCUT2D eigenvalue weighted by atomic mass is 32.2. The van der Waals surface area contributed by atoms with Gasteiger partial charge in [-0.15, -0.1) is 0 Å². The first kappa shape index (κ1) is 9.98. The second kappa shape index (κ2) is 4.79. The fraction of sp³-hybridized carbons (Fsp3) is 0.0909. The predicted octanol–water partition coefficient (Wildman–Crippen LogP) is 2.39. The third kappa shape index (κ3) is 2.70. The summed E-state index contributed by atoms with van der Waals surface area (Å²) in [4.78, 5) is 14.3. The van der Waals surface area contributed by atoms with Crippen LogP contribution in [0, 0.1) is 0 Å². The molecule has 2 aromatic rings. The summed E-state index contributed by atoms with van der Waals surface area (Å²) in [6.07, 6.45) is 4.12. The van der Waals surface area contributed by atoms with Gasteiger partial charge in [-0.1, -0.05) is 30.3 Å². The highest BCUT2D eigenvalue weighted by Gasteiger charge is 1.97. The van der Waals surface area contributed by atoms with E-state index in [4.69, 9.17) is 0 Å². The Labute approximate surface area is 92.3 Å². The Balaban J connectivity index is 1.96. The molecule has 0 aliphatic carbocycles. The summed E-state index contributed by atoms with van der Waals surface area (Å²) < 4.78 is 1.84. The first-order valence-electron chi connectivity index (χ1n) is 4.55. The SMILES string of the molecule is O=Cc1cn(SCc2ccccc2)cn1. The zero-order valence-corrected chi connectivity index (χ0v) is 8.85. The monoisotopic (exact) mass is 218 g/mol. The highest BCUT2D eigenvalue weighted by Crippen LogP contribution is 2.14. The van der Waals surface area contributed by atoms with E-state index in [1.54, 1.807) is 24.5 Å². The van der Waals surface area contributed by atoms with Gasteiger partial charge in [-0.2, -0.15) is 0 Å². The summed E-state index contributed by atoms with van der Waals surface area (Å²) in [6, 6.07) is 10.2. The third-order valence-corrected chi connectivity index (χ3v) is 2.88. The average Bonchev–Trinajstić information content (AvgIpc) is 2.76. The van der Waals surface area contributed by atoms with Crippen LogP contribution in [0.25, 0.3) is 0 Å². The number of rotatable bonds is 4. The summed E-state index contributed by atoms with van der Waals surface area (Å²) in [5, 5.41) is 0. The van der Waals surface area contributed by atoms with Gasteiger partial charge in [0.1, 0.15) is 12.0 Å². The van der Waals surface area contributed by atoms with E-state index in [-0.39, 0.29) is 0 Å². The van der Waals surface area contributed by atoms with E-state index >= 15 is 0 Å². The molecule has 0 N–H and O–H groups in total.